The Balaban J connectivity index is 1.61. The molecule has 0 heterocycles. The SMILES string of the molecule is CC(C)(Cc1ccccc1Br)NCC(O)COc1cc(-c2ccc(C(=O)O)cc2)ccc1C#N. The van der Waals surface area contributed by atoms with Crippen LogP contribution in [0, 0.1) is 11.3 Å². The van der Waals surface area contributed by atoms with Crippen LogP contribution in [0.4, 0.5) is 0 Å². The number of carbonyl (C=O) groups is 1. The molecule has 3 aromatic carbocycles. The number of aliphatic hydroxyl groups excluding tert-OH is 1. The van der Waals surface area contributed by atoms with Crippen LogP contribution < -0.4 is 10.1 Å². The number of nitrogens with one attached hydrogen (secondary N) is 1. The maximum absolute atomic E-state index is 11.1. The van der Waals surface area contributed by atoms with Crippen LogP contribution in [0.25, 0.3) is 11.1 Å². The van der Waals surface area contributed by atoms with Gasteiger partial charge in [-0.1, -0.05) is 52.3 Å². The van der Waals surface area contributed by atoms with Crippen LogP contribution in [0.3, 0.4) is 0 Å². The number of β-amino-alcohol motifs (C(OH)–C–C–N with tert-alkyl or cyclic N) is 1. The summed E-state index contributed by atoms with van der Waals surface area (Å²) in [7, 11) is 0. The molecule has 0 aromatic heterocycles. The first-order chi connectivity index (χ1) is 16.2. The molecular weight excluding hydrogens is 496 g/mol. The lowest BCUT2D eigenvalue weighted by molar-refractivity contribution is 0.0697. The summed E-state index contributed by atoms with van der Waals surface area (Å²) in [5, 5.41) is 32.4. The first-order valence-electron chi connectivity index (χ1n) is 10.9. The van der Waals surface area contributed by atoms with Gasteiger partial charge in [-0.25, -0.2) is 4.79 Å². The van der Waals surface area contributed by atoms with E-state index in [1.807, 2.05) is 18.2 Å². The van der Waals surface area contributed by atoms with Gasteiger partial charge in [0.2, 0.25) is 0 Å². The van der Waals surface area contributed by atoms with Crippen molar-refractivity contribution in [2.45, 2.75) is 31.9 Å². The van der Waals surface area contributed by atoms with E-state index < -0.39 is 12.1 Å². The number of carboxylic acids is 1. The van der Waals surface area contributed by atoms with Gasteiger partial charge in [0.1, 0.15) is 24.5 Å². The molecule has 0 aliphatic rings. The van der Waals surface area contributed by atoms with Crippen LogP contribution in [0.15, 0.2) is 71.2 Å². The second-order valence-electron chi connectivity index (χ2n) is 8.70. The summed E-state index contributed by atoms with van der Waals surface area (Å²) in [5.41, 5.74) is 3.08. The molecule has 0 saturated heterocycles. The van der Waals surface area contributed by atoms with Gasteiger partial charge in [-0.3, -0.25) is 0 Å². The van der Waals surface area contributed by atoms with E-state index in [0.717, 1.165) is 22.0 Å². The molecule has 7 heteroatoms. The first-order valence-corrected chi connectivity index (χ1v) is 11.6. The Hall–Kier alpha value is -3.18. The predicted octanol–water partition coefficient (Wildman–Crippen LogP) is 5.04. The number of rotatable bonds is 10. The van der Waals surface area contributed by atoms with E-state index in [2.05, 4.69) is 47.2 Å². The quantitative estimate of drug-likeness (QED) is 0.344. The molecule has 0 amide bonds. The summed E-state index contributed by atoms with van der Waals surface area (Å²) in [4.78, 5) is 11.1. The van der Waals surface area contributed by atoms with Gasteiger partial charge >= 0.3 is 5.97 Å². The van der Waals surface area contributed by atoms with Gasteiger partial charge in [0, 0.05) is 16.6 Å². The highest BCUT2D eigenvalue weighted by atomic mass is 79.9. The lowest BCUT2D eigenvalue weighted by atomic mass is 9.95. The third kappa shape index (κ3) is 6.91. The monoisotopic (exact) mass is 522 g/mol. The number of hydrogen-bond donors (Lipinski definition) is 3. The maximum atomic E-state index is 11.1. The third-order valence-electron chi connectivity index (χ3n) is 5.40. The largest absolute Gasteiger partial charge is 0.489 e. The molecule has 0 fully saturated rings. The number of aromatic carboxylic acids is 1. The minimum absolute atomic E-state index is 0.0220. The number of nitriles is 1. The van der Waals surface area contributed by atoms with Crippen molar-refractivity contribution in [1.82, 2.24) is 5.32 Å². The Kier molecular flexibility index (Phi) is 8.46. The molecule has 0 spiro atoms. The molecule has 0 saturated carbocycles. The van der Waals surface area contributed by atoms with E-state index in [1.165, 1.54) is 17.7 Å². The van der Waals surface area contributed by atoms with Gasteiger partial charge < -0.3 is 20.3 Å². The minimum Gasteiger partial charge on any atom is -0.489 e. The third-order valence-corrected chi connectivity index (χ3v) is 6.18. The van der Waals surface area contributed by atoms with Crippen molar-refractivity contribution < 1.29 is 19.7 Å². The molecule has 3 aromatic rings. The van der Waals surface area contributed by atoms with Crippen LogP contribution >= 0.6 is 15.9 Å². The Labute approximate surface area is 208 Å². The van der Waals surface area contributed by atoms with Crippen LogP contribution in [0.5, 0.6) is 5.75 Å². The van der Waals surface area contributed by atoms with Crippen LogP contribution in [0.1, 0.15) is 35.3 Å². The van der Waals surface area contributed by atoms with Crippen molar-refractivity contribution in [3.05, 3.63) is 87.9 Å². The lowest BCUT2D eigenvalue weighted by Gasteiger charge is -2.28. The standard InChI is InChI=1S/C27H27BrN2O4/c1-27(2,14-21-5-3-4-6-24(21)28)30-16-23(31)17-34-25-13-20(11-12-22(25)15-29)18-7-9-19(10-8-18)26(32)33/h3-13,23,30-31H,14,16-17H2,1-2H3,(H,32,33). The topological polar surface area (TPSA) is 103 Å². The second kappa shape index (κ2) is 11.3. The lowest BCUT2D eigenvalue weighted by Crippen LogP contribution is -2.46. The van der Waals surface area contributed by atoms with Crippen molar-refractivity contribution in [1.29, 1.82) is 5.26 Å². The van der Waals surface area contributed by atoms with E-state index in [0.29, 0.717) is 17.9 Å². The average Bonchev–Trinajstić information content (AvgIpc) is 2.82. The summed E-state index contributed by atoms with van der Waals surface area (Å²) in [6.45, 7) is 4.50. The fourth-order valence-electron chi connectivity index (χ4n) is 3.54. The Morgan fingerprint density at radius 2 is 1.79 bits per heavy atom. The smallest absolute Gasteiger partial charge is 0.335 e. The Morgan fingerprint density at radius 1 is 1.12 bits per heavy atom. The van der Waals surface area contributed by atoms with E-state index in [1.54, 1.807) is 30.3 Å². The number of carboxylic acid groups (broad SMARTS) is 1. The highest BCUT2D eigenvalue weighted by Gasteiger charge is 2.21. The zero-order valence-corrected chi connectivity index (χ0v) is 20.7. The number of halogens is 1. The van der Waals surface area contributed by atoms with Crippen molar-refractivity contribution in [2.75, 3.05) is 13.2 Å². The van der Waals surface area contributed by atoms with Gasteiger partial charge in [-0.2, -0.15) is 5.26 Å². The molecule has 0 radical (unpaired) electrons. The van der Waals surface area contributed by atoms with Crippen molar-refractivity contribution >= 4 is 21.9 Å². The molecule has 1 atom stereocenters. The molecular formula is C27H27BrN2O4. The van der Waals surface area contributed by atoms with E-state index in [9.17, 15) is 15.2 Å². The van der Waals surface area contributed by atoms with Gasteiger partial charge in [0.25, 0.3) is 0 Å². The molecule has 1 unspecified atom stereocenters. The number of benzene rings is 3. The molecule has 0 aliphatic carbocycles. The average molecular weight is 523 g/mol. The van der Waals surface area contributed by atoms with Crippen LogP contribution in [-0.4, -0.2) is 41.0 Å². The molecule has 3 N–H and O–H groups in total. The summed E-state index contributed by atoms with van der Waals surface area (Å²) in [6, 6.07) is 21.8. The molecule has 0 aliphatic heterocycles. The summed E-state index contributed by atoms with van der Waals surface area (Å²) >= 11 is 3.58. The fraction of sp³-hybridized carbons (Fsp3) is 0.259. The highest BCUT2D eigenvalue weighted by molar-refractivity contribution is 9.10. The zero-order valence-electron chi connectivity index (χ0n) is 19.1. The van der Waals surface area contributed by atoms with Crippen LogP contribution in [0.2, 0.25) is 0 Å². The Bertz CT molecular complexity index is 1190. The zero-order chi connectivity index (χ0) is 24.7. The van der Waals surface area contributed by atoms with Gasteiger partial charge in [-0.15, -0.1) is 0 Å². The summed E-state index contributed by atoms with van der Waals surface area (Å²) in [6.07, 6.45) is 0.00654. The minimum atomic E-state index is -0.988. The molecule has 176 valence electrons. The molecule has 0 bridgehead atoms. The van der Waals surface area contributed by atoms with E-state index in [-0.39, 0.29) is 17.7 Å². The van der Waals surface area contributed by atoms with Gasteiger partial charge in [0.15, 0.2) is 0 Å². The van der Waals surface area contributed by atoms with Crippen molar-refractivity contribution in [3.8, 4) is 22.9 Å². The van der Waals surface area contributed by atoms with Crippen molar-refractivity contribution in [2.24, 2.45) is 0 Å². The fourth-order valence-corrected chi connectivity index (χ4v) is 3.96. The second-order valence-corrected chi connectivity index (χ2v) is 9.56. The van der Waals surface area contributed by atoms with Crippen molar-refractivity contribution in [3.63, 3.8) is 0 Å². The normalized spacial score (nSPS) is 12.1. The number of ether oxygens (including phenoxy) is 1. The first kappa shape index (κ1) is 25.4. The summed E-state index contributed by atoms with van der Waals surface area (Å²) in [5.74, 6) is -0.619. The molecule has 34 heavy (non-hydrogen) atoms. The molecule has 6 nitrogen and oxygen atoms in total. The van der Waals surface area contributed by atoms with E-state index in [4.69, 9.17) is 9.84 Å². The number of nitrogens with zero attached hydrogens (tertiary/aromatic N) is 1. The van der Waals surface area contributed by atoms with Gasteiger partial charge in [-0.05, 0) is 67.3 Å². The maximum Gasteiger partial charge on any atom is 0.335 e. The molecule has 3 rings (SSSR count). The highest BCUT2D eigenvalue weighted by Crippen LogP contribution is 2.28. The number of aliphatic hydroxyl groups is 1. The van der Waals surface area contributed by atoms with E-state index >= 15 is 0 Å². The van der Waals surface area contributed by atoms with Gasteiger partial charge in [0.05, 0.1) is 11.1 Å². The summed E-state index contributed by atoms with van der Waals surface area (Å²) < 4.78 is 6.85. The predicted molar refractivity (Wildman–Crippen MR) is 135 cm³/mol. The Morgan fingerprint density at radius 3 is 2.44 bits per heavy atom. The number of hydrogen-bond acceptors (Lipinski definition) is 5. The van der Waals surface area contributed by atoms with Crippen LogP contribution in [-0.2, 0) is 6.42 Å².